The van der Waals surface area contributed by atoms with Crippen LogP contribution in [-0.4, -0.2) is 36.8 Å². The Kier molecular flexibility index (Phi) is 4.81. The van der Waals surface area contributed by atoms with Gasteiger partial charge in [0.15, 0.2) is 11.5 Å². The summed E-state index contributed by atoms with van der Waals surface area (Å²) in [6.07, 6.45) is 0. The fourth-order valence-corrected chi connectivity index (χ4v) is 3.65. The maximum absolute atomic E-state index is 12.5. The van der Waals surface area contributed by atoms with Crippen LogP contribution in [0.15, 0.2) is 41.3 Å². The predicted octanol–water partition coefficient (Wildman–Crippen LogP) is 2.94. The third kappa shape index (κ3) is 3.95. The SMILES string of the molecule is CC(Nc1ccc2c(c1)NC(=O)CS2)C(=O)Nc1ccc2c(c1)OCCO2. The minimum Gasteiger partial charge on any atom is -0.486 e. The van der Waals surface area contributed by atoms with Gasteiger partial charge >= 0.3 is 0 Å². The first-order chi connectivity index (χ1) is 13.1. The summed E-state index contributed by atoms with van der Waals surface area (Å²) in [5, 5.41) is 8.88. The lowest BCUT2D eigenvalue weighted by atomic mass is 10.2. The molecule has 4 rings (SSSR count). The zero-order valence-electron chi connectivity index (χ0n) is 14.7. The van der Waals surface area contributed by atoms with Gasteiger partial charge in [0.25, 0.3) is 0 Å². The number of amides is 2. The van der Waals surface area contributed by atoms with Gasteiger partial charge in [-0.05, 0) is 37.3 Å². The van der Waals surface area contributed by atoms with Crippen molar-refractivity contribution in [3.05, 3.63) is 36.4 Å². The Morgan fingerprint density at radius 3 is 2.74 bits per heavy atom. The van der Waals surface area contributed by atoms with Crippen molar-refractivity contribution in [3.8, 4) is 11.5 Å². The first-order valence-electron chi connectivity index (χ1n) is 8.62. The van der Waals surface area contributed by atoms with Crippen molar-refractivity contribution in [3.63, 3.8) is 0 Å². The highest BCUT2D eigenvalue weighted by Gasteiger charge is 2.18. The van der Waals surface area contributed by atoms with E-state index in [1.165, 1.54) is 11.8 Å². The number of ether oxygens (including phenoxy) is 2. The third-order valence-corrected chi connectivity index (χ3v) is 5.27. The highest BCUT2D eigenvalue weighted by molar-refractivity contribution is 8.00. The molecule has 27 heavy (non-hydrogen) atoms. The first-order valence-corrected chi connectivity index (χ1v) is 9.61. The Balaban J connectivity index is 1.41. The molecule has 3 N–H and O–H groups in total. The van der Waals surface area contributed by atoms with Gasteiger partial charge in [-0.15, -0.1) is 11.8 Å². The average molecular weight is 385 g/mol. The molecule has 0 saturated carbocycles. The Morgan fingerprint density at radius 1 is 1.11 bits per heavy atom. The lowest BCUT2D eigenvalue weighted by Gasteiger charge is -2.21. The van der Waals surface area contributed by atoms with Gasteiger partial charge in [-0.1, -0.05) is 0 Å². The smallest absolute Gasteiger partial charge is 0.246 e. The van der Waals surface area contributed by atoms with Crippen LogP contribution >= 0.6 is 11.8 Å². The lowest BCUT2D eigenvalue weighted by Crippen LogP contribution is -2.32. The number of benzene rings is 2. The fraction of sp³-hybridized carbons (Fsp3) is 0.263. The molecule has 0 bridgehead atoms. The predicted molar refractivity (Wildman–Crippen MR) is 105 cm³/mol. The number of fused-ring (bicyclic) bond motifs is 2. The van der Waals surface area contributed by atoms with E-state index >= 15 is 0 Å². The van der Waals surface area contributed by atoms with Crippen molar-refractivity contribution in [1.29, 1.82) is 0 Å². The lowest BCUT2D eigenvalue weighted by molar-refractivity contribution is -0.116. The maximum Gasteiger partial charge on any atom is 0.246 e. The average Bonchev–Trinajstić information content (AvgIpc) is 2.67. The van der Waals surface area contributed by atoms with Crippen molar-refractivity contribution in [2.45, 2.75) is 17.9 Å². The van der Waals surface area contributed by atoms with Gasteiger partial charge in [0.2, 0.25) is 11.8 Å². The van der Waals surface area contributed by atoms with E-state index in [-0.39, 0.29) is 11.8 Å². The molecule has 2 aromatic carbocycles. The van der Waals surface area contributed by atoms with Crippen LogP contribution in [0.5, 0.6) is 11.5 Å². The number of carbonyl (C=O) groups is 2. The number of hydrogen-bond donors (Lipinski definition) is 3. The van der Waals surface area contributed by atoms with Crippen LogP contribution < -0.4 is 25.4 Å². The highest BCUT2D eigenvalue weighted by Crippen LogP contribution is 2.34. The number of carbonyl (C=O) groups excluding carboxylic acids is 2. The van der Waals surface area contributed by atoms with Crippen LogP contribution in [0.3, 0.4) is 0 Å². The zero-order valence-corrected chi connectivity index (χ0v) is 15.5. The van der Waals surface area contributed by atoms with E-state index in [2.05, 4.69) is 16.0 Å². The van der Waals surface area contributed by atoms with E-state index in [0.29, 0.717) is 36.2 Å². The molecule has 0 saturated heterocycles. The topological polar surface area (TPSA) is 88.7 Å². The highest BCUT2D eigenvalue weighted by atomic mass is 32.2. The van der Waals surface area contributed by atoms with Crippen LogP contribution in [0.1, 0.15) is 6.92 Å². The molecule has 2 heterocycles. The number of thioether (sulfide) groups is 1. The van der Waals surface area contributed by atoms with Crippen molar-refractivity contribution < 1.29 is 19.1 Å². The Labute approximate surface area is 160 Å². The summed E-state index contributed by atoms with van der Waals surface area (Å²) in [4.78, 5) is 25.1. The molecule has 0 spiro atoms. The number of hydrogen-bond acceptors (Lipinski definition) is 6. The van der Waals surface area contributed by atoms with Gasteiger partial charge in [0.05, 0.1) is 11.4 Å². The third-order valence-electron chi connectivity index (χ3n) is 4.20. The minimum atomic E-state index is -0.469. The van der Waals surface area contributed by atoms with Gasteiger partial charge in [-0.25, -0.2) is 0 Å². The molecule has 0 aliphatic carbocycles. The minimum absolute atomic E-state index is 0.0194. The summed E-state index contributed by atoms with van der Waals surface area (Å²) in [6.45, 7) is 2.80. The van der Waals surface area contributed by atoms with E-state index in [4.69, 9.17) is 9.47 Å². The Morgan fingerprint density at radius 2 is 1.89 bits per heavy atom. The Bertz CT molecular complexity index is 903. The van der Waals surface area contributed by atoms with Gasteiger partial charge in [0.1, 0.15) is 19.3 Å². The van der Waals surface area contributed by atoms with Gasteiger partial charge in [0, 0.05) is 22.3 Å². The standard InChI is InChI=1S/C19H19N3O4S/c1-11(20-12-3-5-17-14(8-12)22-18(23)10-27-17)19(24)21-13-2-4-15-16(9-13)26-7-6-25-15/h2-5,8-9,11,20H,6-7,10H2,1H3,(H,21,24)(H,22,23). The van der Waals surface area contributed by atoms with Crippen LogP contribution in [-0.2, 0) is 9.59 Å². The van der Waals surface area contributed by atoms with Crippen LogP contribution in [0.25, 0.3) is 0 Å². The molecule has 0 fully saturated rings. The molecule has 0 radical (unpaired) electrons. The van der Waals surface area contributed by atoms with E-state index in [0.717, 1.165) is 16.3 Å². The largest absolute Gasteiger partial charge is 0.486 e. The molecule has 1 atom stereocenters. The summed E-state index contributed by atoms with van der Waals surface area (Å²) in [7, 11) is 0. The molecule has 0 aromatic heterocycles. The van der Waals surface area contributed by atoms with Crippen LogP contribution in [0, 0.1) is 0 Å². The normalized spacial score (nSPS) is 16.0. The second kappa shape index (κ2) is 7.40. The second-order valence-corrected chi connectivity index (χ2v) is 7.28. The quantitative estimate of drug-likeness (QED) is 0.750. The molecule has 8 heteroatoms. The summed E-state index contributed by atoms with van der Waals surface area (Å²) in [5.41, 5.74) is 2.18. The fourth-order valence-electron chi connectivity index (χ4n) is 2.86. The van der Waals surface area contributed by atoms with E-state index in [9.17, 15) is 9.59 Å². The summed E-state index contributed by atoms with van der Waals surface area (Å²) in [6, 6.07) is 10.5. The molecule has 1 unspecified atom stereocenters. The summed E-state index contributed by atoms with van der Waals surface area (Å²) >= 11 is 1.50. The van der Waals surface area contributed by atoms with E-state index < -0.39 is 6.04 Å². The van der Waals surface area contributed by atoms with Gasteiger partial charge in [-0.2, -0.15) is 0 Å². The van der Waals surface area contributed by atoms with Crippen molar-refractivity contribution in [2.75, 3.05) is 34.9 Å². The number of rotatable bonds is 4. The van der Waals surface area contributed by atoms with Gasteiger partial charge < -0.3 is 25.4 Å². The monoisotopic (exact) mass is 385 g/mol. The molecule has 2 aliphatic heterocycles. The van der Waals surface area contributed by atoms with Crippen molar-refractivity contribution in [2.24, 2.45) is 0 Å². The van der Waals surface area contributed by atoms with Gasteiger partial charge in [-0.3, -0.25) is 9.59 Å². The zero-order chi connectivity index (χ0) is 18.8. The maximum atomic E-state index is 12.5. The molecule has 2 aliphatic rings. The summed E-state index contributed by atoms with van der Waals surface area (Å²) < 4.78 is 11.0. The van der Waals surface area contributed by atoms with Crippen molar-refractivity contribution in [1.82, 2.24) is 0 Å². The Hall–Kier alpha value is -2.87. The molecule has 7 nitrogen and oxygen atoms in total. The molecule has 2 aromatic rings. The number of nitrogens with one attached hydrogen (secondary N) is 3. The van der Waals surface area contributed by atoms with E-state index in [1.54, 1.807) is 25.1 Å². The van der Waals surface area contributed by atoms with E-state index in [1.807, 2.05) is 18.2 Å². The van der Waals surface area contributed by atoms with Crippen LogP contribution in [0.2, 0.25) is 0 Å². The molecular weight excluding hydrogens is 366 g/mol. The number of anilines is 3. The summed E-state index contributed by atoms with van der Waals surface area (Å²) in [5.74, 6) is 1.53. The van der Waals surface area contributed by atoms with Crippen molar-refractivity contribution >= 4 is 40.6 Å². The molecule has 140 valence electrons. The first kappa shape index (κ1) is 17.5. The second-order valence-electron chi connectivity index (χ2n) is 6.26. The molecule has 2 amide bonds. The molecular formula is C19H19N3O4S. The van der Waals surface area contributed by atoms with Crippen LogP contribution in [0.4, 0.5) is 17.1 Å².